The lowest BCUT2D eigenvalue weighted by molar-refractivity contribution is -0.149. The summed E-state index contributed by atoms with van der Waals surface area (Å²) < 4.78 is 10.8. The number of piperidine rings is 1. The highest BCUT2D eigenvalue weighted by Crippen LogP contribution is 2.31. The number of rotatable bonds is 6. The van der Waals surface area contributed by atoms with Gasteiger partial charge in [0.25, 0.3) is 0 Å². The molecule has 1 fully saturated rings. The normalized spacial score (nSPS) is 19.8. The SMILES string of the molecule is CCOC(=O)C1CNCCC1c1cnc(-c2cccnc2OCC)cn1. The van der Waals surface area contributed by atoms with Gasteiger partial charge in [0.15, 0.2) is 0 Å². The van der Waals surface area contributed by atoms with Crippen molar-refractivity contribution >= 4 is 5.97 Å². The molecule has 0 bridgehead atoms. The van der Waals surface area contributed by atoms with Crippen molar-refractivity contribution in [3.63, 3.8) is 0 Å². The number of nitrogens with one attached hydrogen (secondary N) is 1. The van der Waals surface area contributed by atoms with E-state index < -0.39 is 0 Å². The Hall–Kier alpha value is -2.54. The van der Waals surface area contributed by atoms with Crippen LogP contribution in [0.25, 0.3) is 11.3 Å². The second-order valence-electron chi connectivity index (χ2n) is 6.07. The quantitative estimate of drug-likeness (QED) is 0.794. The Bertz CT molecular complexity index is 736. The van der Waals surface area contributed by atoms with E-state index in [1.54, 1.807) is 18.6 Å². The summed E-state index contributed by atoms with van der Waals surface area (Å²) in [5.41, 5.74) is 2.32. The summed E-state index contributed by atoms with van der Waals surface area (Å²) in [7, 11) is 0. The summed E-state index contributed by atoms with van der Waals surface area (Å²) in [4.78, 5) is 25.6. The van der Waals surface area contributed by atoms with Crippen LogP contribution in [0.4, 0.5) is 0 Å². The van der Waals surface area contributed by atoms with E-state index in [9.17, 15) is 4.79 Å². The zero-order valence-corrected chi connectivity index (χ0v) is 15.1. The van der Waals surface area contributed by atoms with Crippen LogP contribution in [0.2, 0.25) is 0 Å². The Labute approximate surface area is 153 Å². The molecule has 0 amide bonds. The summed E-state index contributed by atoms with van der Waals surface area (Å²) >= 11 is 0. The maximum Gasteiger partial charge on any atom is 0.310 e. The molecule has 0 aliphatic carbocycles. The van der Waals surface area contributed by atoms with Gasteiger partial charge in [-0.3, -0.25) is 14.8 Å². The van der Waals surface area contributed by atoms with E-state index in [0.29, 0.717) is 31.3 Å². The van der Waals surface area contributed by atoms with Crippen molar-refractivity contribution in [1.82, 2.24) is 20.3 Å². The van der Waals surface area contributed by atoms with Gasteiger partial charge in [-0.1, -0.05) is 0 Å². The third kappa shape index (κ3) is 3.99. The first-order valence-corrected chi connectivity index (χ1v) is 9.02. The number of ether oxygens (including phenoxy) is 2. The Balaban J connectivity index is 1.83. The molecule has 1 saturated heterocycles. The van der Waals surface area contributed by atoms with Crippen LogP contribution in [0.3, 0.4) is 0 Å². The topological polar surface area (TPSA) is 86.2 Å². The molecule has 7 heteroatoms. The second kappa shape index (κ2) is 8.71. The highest BCUT2D eigenvalue weighted by Gasteiger charge is 2.34. The Morgan fingerprint density at radius 1 is 1.23 bits per heavy atom. The van der Waals surface area contributed by atoms with Crippen LogP contribution in [-0.4, -0.2) is 47.2 Å². The number of carbonyl (C=O) groups is 1. The Kier molecular flexibility index (Phi) is 6.12. The molecule has 0 saturated carbocycles. The minimum absolute atomic E-state index is 0.0112. The van der Waals surface area contributed by atoms with Crippen LogP contribution < -0.4 is 10.1 Å². The van der Waals surface area contributed by atoms with E-state index in [2.05, 4.69) is 20.3 Å². The minimum Gasteiger partial charge on any atom is -0.477 e. The first-order valence-electron chi connectivity index (χ1n) is 9.02. The molecule has 0 radical (unpaired) electrons. The van der Waals surface area contributed by atoms with E-state index in [-0.39, 0.29) is 17.8 Å². The van der Waals surface area contributed by atoms with E-state index in [1.807, 2.05) is 26.0 Å². The number of aromatic nitrogens is 3. The molecular formula is C19H24N4O3. The molecule has 1 N–H and O–H groups in total. The fourth-order valence-electron chi connectivity index (χ4n) is 3.22. The predicted molar refractivity (Wildman–Crippen MR) is 96.8 cm³/mol. The lowest BCUT2D eigenvalue weighted by atomic mass is 9.84. The second-order valence-corrected chi connectivity index (χ2v) is 6.07. The van der Waals surface area contributed by atoms with Gasteiger partial charge in [-0.2, -0.15) is 0 Å². The summed E-state index contributed by atoms with van der Waals surface area (Å²) in [6.45, 7) is 6.10. The largest absolute Gasteiger partial charge is 0.477 e. The van der Waals surface area contributed by atoms with Gasteiger partial charge in [0.05, 0.1) is 42.3 Å². The zero-order valence-electron chi connectivity index (χ0n) is 15.1. The van der Waals surface area contributed by atoms with Gasteiger partial charge in [-0.25, -0.2) is 4.98 Å². The van der Waals surface area contributed by atoms with Gasteiger partial charge in [0, 0.05) is 24.9 Å². The van der Waals surface area contributed by atoms with E-state index in [0.717, 1.165) is 24.2 Å². The molecule has 26 heavy (non-hydrogen) atoms. The van der Waals surface area contributed by atoms with E-state index in [1.165, 1.54) is 0 Å². The molecule has 2 atom stereocenters. The van der Waals surface area contributed by atoms with Crippen molar-refractivity contribution in [3.8, 4) is 17.1 Å². The van der Waals surface area contributed by atoms with Crippen molar-refractivity contribution in [3.05, 3.63) is 36.4 Å². The molecule has 7 nitrogen and oxygen atoms in total. The lowest BCUT2D eigenvalue weighted by Crippen LogP contribution is -2.40. The highest BCUT2D eigenvalue weighted by molar-refractivity contribution is 5.74. The van der Waals surface area contributed by atoms with Gasteiger partial charge in [-0.15, -0.1) is 0 Å². The molecule has 2 unspecified atom stereocenters. The fraction of sp³-hybridized carbons (Fsp3) is 0.474. The smallest absolute Gasteiger partial charge is 0.310 e. The predicted octanol–water partition coefficient (Wildman–Crippen LogP) is 2.19. The molecule has 0 aromatic carbocycles. The standard InChI is InChI=1S/C19H24N4O3/c1-3-25-18-14(6-5-8-21-18)17-12-22-16(11-23-17)13-7-9-20-10-15(13)19(24)26-4-2/h5-6,8,11-13,15,20H,3-4,7,9-10H2,1-2H3. The van der Waals surface area contributed by atoms with Gasteiger partial charge in [-0.05, 0) is 38.9 Å². The molecule has 2 aromatic rings. The van der Waals surface area contributed by atoms with Crippen molar-refractivity contribution in [2.24, 2.45) is 5.92 Å². The van der Waals surface area contributed by atoms with Crippen LogP contribution in [0, 0.1) is 5.92 Å². The van der Waals surface area contributed by atoms with Gasteiger partial charge >= 0.3 is 5.97 Å². The van der Waals surface area contributed by atoms with Crippen molar-refractivity contribution in [1.29, 1.82) is 0 Å². The molecule has 1 aliphatic heterocycles. The molecular weight excluding hydrogens is 332 g/mol. The molecule has 1 aliphatic rings. The minimum atomic E-state index is -0.235. The van der Waals surface area contributed by atoms with Crippen LogP contribution in [0.15, 0.2) is 30.7 Å². The van der Waals surface area contributed by atoms with E-state index >= 15 is 0 Å². The third-order valence-electron chi connectivity index (χ3n) is 4.45. The Morgan fingerprint density at radius 2 is 2.12 bits per heavy atom. The van der Waals surface area contributed by atoms with Crippen LogP contribution in [-0.2, 0) is 9.53 Å². The molecule has 3 heterocycles. The summed E-state index contributed by atoms with van der Waals surface area (Å²) in [5, 5.41) is 3.26. The number of nitrogens with zero attached hydrogens (tertiary/aromatic N) is 3. The first kappa shape index (κ1) is 18.3. The number of pyridine rings is 1. The highest BCUT2D eigenvalue weighted by atomic mass is 16.5. The van der Waals surface area contributed by atoms with Gasteiger partial charge in [0.1, 0.15) is 0 Å². The number of hydrogen-bond donors (Lipinski definition) is 1. The molecule has 3 rings (SSSR count). The van der Waals surface area contributed by atoms with Crippen LogP contribution in [0.5, 0.6) is 5.88 Å². The maximum absolute atomic E-state index is 12.3. The maximum atomic E-state index is 12.3. The average molecular weight is 356 g/mol. The average Bonchev–Trinajstić information content (AvgIpc) is 2.69. The molecule has 0 spiro atoms. The molecule has 2 aromatic heterocycles. The Morgan fingerprint density at radius 3 is 2.85 bits per heavy atom. The van der Waals surface area contributed by atoms with E-state index in [4.69, 9.17) is 9.47 Å². The number of carbonyl (C=O) groups excluding carboxylic acids is 1. The number of hydrogen-bond acceptors (Lipinski definition) is 7. The van der Waals surface area contributed by atoms with Crippen molar-refractivity contribution in [2.45, 2.75) is 26.2 Å². The lowest BCUT2D eigenvalue weighted by Gasteiger charge is -2.29. The fourth-order valence-corrected chi connectivity index (χ4v) is 3.22. The number of esters is 1. The molecule has 138 valence electrons. The third-order valence-corrected chi connectivity index (χ3v) is 4.45. The monoisotopic (exact) mass is 356 g/mol. The van der Waals surface area contributed by atoms with Crippen LogP contribution >= 0.6 is 0 Å². The van der Waals surface area contributed by atoms with Crippen molar-refractivity contribution < 1.29 is 14.3 Å². The van der Waals surface area contributed by atoms with Gasteiger partial charge < -0.3 is 14.8 Å². The van der Waals surface area contributed by atoms with Gasteiger partial charge in [0.2, 0.25) is 5.88 Å². The summed E-state index contributed by atoms with van der Waals surface area (Å²) in [6, 6.07) is 3.75. The summed E-state index contributed by atoms with van der Waals surface area (Å²) in [6.07, 6.45) is 5.99. The van der Waals surface area contributed by atoms with Crippen LogP contribution in [0.1, 0.15) is 31.9 Å². The zero-order chi connectivity index (χ0) is 18.4. The first-order chi connectivity index (χ1) is 12.7. The summed E-state index contributed by atoms with van der Waals surface area (Å²) in [5.74, 6) is 0.142. The van der Waals surface area contributed by atoms with Crippen molar-refractivity contribution in [2.75, 3.05) is 26.3 Å².